The van der Waals surface area contributed by atoms with Gasteiger partial charge in [-0.05, 0) is 6.92 Å². The molecule has 5 atom stereocenters. The minimum absolute atomic E-state index is 0.0437. The Kier molecular flexibility index (Phi) is 5.46. The molecule has 1 aromatic rings. The van der Waals surface area contributed by atoms with E-state index in [1.54, 1.807) is 0 Å². The van der Waals surface area contributed by atoms with E-state index in [1.165, 1.54) is 6.92 Å². The van der Waals surface area contributed by atoms with Crippen LogP contribution in [0.3, 0.4) is 0 Å². The zero-order valence-electron chi connectivity index (χ0n) is 14.5. The van der Waals surface area contributed by atoms with Crippen molar-refractivity contribution in [2.45, 2.75) is 43.2 Å². The Bertz CT molecular complexity index is 750. The number of alkyl halides is 3. The van der Waals surface area contributed by atoms with E-state index >= 15 is 0 Å². The Morgan fingerprint density at radius 1 is 1.46 bits per heavy atom. The highest BCUT2D eigenvalue weighted by Crippen LogP contribution is 2.38. The van der Waals surface area contributed by atoms with Crippen LogP contribution in [0.4, 0.5) is 19.0 Å². The van der Waals surface area contributed by atoms with E-state index < -0.39 is 66.1 Å². The minimum atomic E-state index is -4.89. The summed E-state index contributed by atoms with van der Waals surface area (Å²) in [6.07, 6.45) is -8.67. The Balaban J connectivity index is 1.95. The molecule has 13 heteroatoms. The number of aromatic nitrogens is 2. The molecular formula is C15H18F3N3O7. The van der Waals surface area contributed by atoms with Gasteiger partial charge in [0.05, 0.1) is 19.8 Å². The lowest BCUT2D eigenvalue weighted by Gasteiger charge is -2.42. The fourth-order valence-corrected chi connectivity index (χ4v) is 3.00. The molecule has 2 fully saturated rings. The van der Waals surface area contributed by atoms with Crippen LogP contribution in [0.5, 0.6) is 0 Å². The zero-order valence-corrected chi connectivity index (χ0v) is 14.5. The third-order valence-corrected chi connectivity index (χ3v) is 4.48. The van der Waals surface area contributed by atoms with E-state index in [2.05, 4.69) is 15.3 Å². The molecule has 0 aliphatic carbocycles. The monoisotopic (exact) mass is 409 g/mol. The lowest BCUT2D eigenvalue weighted by molar-refractivity contribution is -0.224. The molecule has 28 heavy (non-hydrogen) atoms. The van der Waals surface area contributed by atoms with Crippen molar-refractivity contribution in [1.29, 1.82) is 0 Å². The van der Waals surface area contributed by atoms with Crippen molar-refractivity contribution in [2.24, 2.45) is 0 Å². The molecule has 3 heterocycles. The van der Waals surface area contributed by atoms with Gasteiger partial charge < -0.3 is 34.8 Å². The van der Waals surface area contributed by atoms with Gasteiger partial charge in [-0.1, -0.05) is 0 Å². The van der Waals surface area contributed by atoms with Gasteiger partial charge in [-0.25, -0.2) is 14.8 Å². The fraction of sp³-hybridized carbons (Fsp3) is 0.667. The van der Waals surface area contributed by atoms with E-state index in [-0.39, 0.29) is 13.2 Å². The minimum Gasteiger partial charge on any atom is -0.462 e. The lowest BCUT2D eigenvalue weighted by atomic mass is 9.88. The molecule has 0 spiro atoms. The van der Waals surface area contributed by atoms with Gasteiger partial charge in [0.25, 0.3) is 0 Å². The average Bonchev–Trinajstić information content (AvgIpc) is 3.06. The Morgan fingerprint density at radius 3 is 2.79 bits per heavy atom. The summed E-state index contributed by atoms with van der Waals surface area (Å²) in [6.45, 7) is 0.574. The summed E-state index contributed by atoms with van der Waals surface area (Å²) < 4.78 is 54.4. The molecule has 2 saturated heterocycles. The van der Waals surface area contributed by atoms with E-state index in [1.807, 2.05) is 0 Å². The van der Waals surface area contributed by atoms with Crippen molar-refractivity contribution >= 4 is 11.8 Å². The number of rotatable bonds is 5. The number of ether oxygens (including phenoxy) is 3. The van der Waals surface area contributed by atoms with Gasteiger partial charge in [0, 0.05) is 6.20 Å². The molecule has 1 aromatic heterocycles. The predicted octanol–water partition coefficient (Wildman–Crippen LogP) is -0.708. The molecule has 0 amide bonds. The largest absolute Gasteiger partial charge is 0.462 e. The molecule has 2 bridgehead atoms. The number of halogens is 3. The number of aliphatic hydroxyl groups excluding tert-OH is 3. The molecule has 0 aromatic carbocycles. The second kappa shape index (κ2) is 7.40. The van der Waals surface area contributed by atoms with E-state index in [0.29, 0.717) is 6.20 Å². The summed E-state index contributed by atoms with van der Waals surface area (Å²) in [5, 5.41) is 32.5. The number of nitrogens with zero attached hydrogens (tertiary/aromatic N) is 2. The molecule has 156 valence electrons. The summed E-state index contributed by atoms with van der Waals surface area (Å²) in [4.78, 5) is 18.5. The van der Waals surface area contributed by atoms with Crippen LogP contribution >= 0.6 is 0 Å². The number of esters is 1. The maximum Gasteiger partial charge on any atom is 0.451 e. The molecule has 3 rings (SSSR count). The summed E-state index contributed by atoms with van der Waals surface area (Å²) in [7, 11) is 0. The normalized spacial score (nSPS) is 32.2. The number of hydrogen-bond acceptors (Lipinski definition) is 10. The van der Waals surface area contributed by atoms with Crippen molar-refractivity contribution < 1.29 is 47.5 Å². The predicted molar refractivity (Wildman–Crippen MR) is 83.1 cm³/mol. The van der Waals surface area contributed by atoms with Gasteiger partial charge in [-0.15, -0.1) is 0 Å². The van der Waals surface area contributed by atoms with Gasteiger partial charge in [-0.3, -0.25) is 0 Å². The quantitative estimate of drug-likeness (QED) is 0.461. The molecule has 0 radical (unpaired) electrons. The number of carbonyl (C=O) groups excluding carboxylic acids is 1. The van der Waals surface area contributed by atoms with E-state index in [4.69, 9.17) is 14.2 Å². The fourth-order valence-electron chi connectivity index (χ4n) is 3.00. The number of carbonyl (C=O) groups is 1. The maximum atomic E-state index is 13.0. The lowest BCUT2D eigenvalue weighted by Crippen LogP contribution is -2.64. The molecule has 4 N–H and O–H groups in total. The number of aliphatic hydroxyl groups is 3. The first kappa shape index (κ1) is 20.7. The smallest absolute Gasteiger partial charge is 0.451 e. The number of anilines is 1. The summed E-state index contributed by atoms with van der Waals surface area (Å²) >= 11 is 0. The van der Waals surface area contributed by atoms with Gasteiger partial charge in [0.1, 0.15) is 35.2 Å². The standard InChI is InChI=1S/C15H18F3N3O7/c1-2-26-11(25)6-3-19-13(15(16,17)18)21-10(6)20-7-8(23)9(24)14(4-22)5-27-12(7)28-14/h3,7-9,12,22-24H,2,4-5H2,1H3,(H,19,20,21)/t7-,8-,9-,12+,14+/m1/s1. The van der Waals surface area contributed by atoms with E-state index in [0.717, 1.165) is 0 Å². The van der Waals surface area contributed by atoms with Crippen LogP contribution in [0, 0.1) is 0 Å². The second-order valence-electron chi connectivity index (χ2n) is 6.30. The van der Waals surface area contributed by atoms with Crippen LogP contribution in [0.1, 0.15) is 23.1 Å². The summed E-state index contributed by atoms with van der Waals surface area (Å²) in [5.41, 5.74) is -1.96. The van der Waals surface area contributed by atoms with Crippen molar-refractivity contribution in [3.63, 3.8) is 0 Å². The number of nitrogens with one attached hydrogen (secondary N) is 1. The topological polar surface area (TPSA) is 143 Å². The van der Waals surface area contributed by atoms with Crippen molar-refractivity contribution in [3.05, 3.63) is 17.6 Å². The van der Waals surface area contributed by atoms with Crippen molar-refractivity contribution in [1.82, 2.24) is 9.97 Å². The highest BCUT2D eigenvalue weighted by molar-refractivity contribution is 5.94. The number of hydrogen-bond donors (Lipinski definition) is 4. The van der Waals surface area contributed by atoms with Crippen LogP contribution in [-0.2, 0) is 20.4 Å². The Labute approximate surface area is 156 Å². The van der Waals surface area contributed by atoms with Gasteiger partial charge in [0.2, 0.25) is 5.82 Å². The number of fused-ring (bicyclic) bond motifs is 2. The summed E-state index contributed by atoms with van der Waals surface area (Å²) in [5.74, 6) is -3.08. The first-order valence-corrected chi connectivity index (χ1v) is 8.27. The van der Waals surface area contributed by atoms with Crippen LogP contribution in [0.15, 0.2) is 6.20 Å². The Morgan fingerprint density at radius 2 is 2.18 bits per heavy atom. The summed E-state index contributed by atoms with van der Waals surface area (Å²) in [6, 6.07) is -1.29. The third-order valence-electron chi connectivity index (χ3n) is 4.48. The highest BCUT2D eigenvalue weighted by atomic mass is 19.4. The molecular weight excluding hydrogens is 391 g/mol. The first-order valence-electron chi connectivity index (χ1n) is 8.27. The molecule has 10 nitrogen and oxygen atoms in total. The van der Waals surface area contributed by atoms with Crippen LogP contribution in [0.2, 0.25) is 0 Å². The van der Waals surface area contributed by atoms with Crippen LogP contribution in [-0.4, -0.2) is 81.2 Å². The Hall–Kier alpha value is -2.06. The van der Waals surface area contributed by atoms with Crippen molar-refractivity contribution in [3.8, 4) is 0 Å². The highest BCUT2D eigenvalue weighted by Gasteiger charge is 2.59. The first-order chi connectivity index (χ1) is 13.1. The zero-order chi connectivity index (χ0) is 20.7. The van der Waals surface area contributed by atoms with Gasteiger partial charge in [-0.2, -0.15) is 13.2 Å². The van der Waals surface area contributed by atoms with Crippen LogP contribution < -0.4 is 5.32 Å². The second-order valence-corrected chi connectivity index (χ2v) is 6.30. The maximum absolute atomic E-state index is 13.0. The van der Waals surface area contributed by atoms with Gasteiger partial charge >= 0.3 is 12.1 Å². The van der Waals surface area contributed by atoms with Crippen LogP contribution in [0.25, 0.3) is 0 Å². The SMILES string of the molecule is CCOC(=O)c1cnc(C(F)(F)F)nc1N[C@H]1[C@H]2OC[C@](CO)(O2)[C@H](O)[C@@H]1O. The van der Waals surface area contributed by atoms with Crippen molar-refractivity contribution in [2.75, 3.05) is 25.1 Å². The molecule has 2 aliphatic rings. The molecule has 0 saturated carbocycles. The molecule has 0 unspecified atom stereocenters. The van der Waals surface area contributed by atoms with Gasteiger partial charge in [0.15, 0.2) is 6.29 Å². The molecule has 2 aliphatic heterocycles. The average molecular weight is 409 g/mol. The van der Waals surface area contributed by atoms with E-state index in [9.17, 15) is 33.3 Å². The third kappa shape index (κ3) is 3.51.